The number of nitrogens with zero attached hydrogens (tertiary/aromatic N) is 6. The number of thiazole rings is 1. The number of halogens is 1. The normalized spacial score (nSPS) is 14.8. The van der Waals surface area contributed by atoms with Crippen LogP contribution in [0.1, 0.15) is 28.7 Å². The van der Waals surface area contributed by atoms with Crippen LogP contribution in [0.2, 0.25) is 0 Å². The molecular formula is C23H23FN6O2S. The number of piperazine rings is 1. The van der Waals surface area contributed by atoms with Crippen LogP contribution in [0, 0.1) is 5.82 Å². The van der Waals surface area contributed by atoms with Crippen molar-refractivity contribution in [3.05, 3.63) is 81.2 Å². The lowest BCUT2D eigenvalue weighted by atomic mass is 10.1. The molecule has 0 N–H and O–H groups in total. The van der Waals surface area contributed by atoms with Gasteiger partial charge >= 0.3 is 0 Å². The van der Waals surface area contributed by atoms with Crippen LogP contribution in [0.4, 0.5) is 4.39 Å². The van der Waals surface area contributed by atoms with Crippen molar-refractivity contribution in [1.82, 2.24) is 29.0 Å². The third-order valence-corrected chi connectivity index (χ3v) is 6.66. The van der Waals surface area contributed by atoms with Gasteiger partial charge in [-0.15, -0.1) is 11.3 Å². The average molecular weight is 467 g/mol. The molecule has 1 amide bonds. The average Bonchev–Trinajstić information content (AvgIpc) is 3.47. The zero-order chi connectivity index (χ0) is 22.9. The van der Waals surface area contributed by atoms with E-state index in [1.54, 1.807) is 39.7 Å². The molecule has 5 rings (SSSR count). The third-order valence-electron chi connectivity index (χ3n) is 5.91. The van der Waals surface area contributed by atoms with Crippen LogP contribution in [0.15, 0.2) is 52.9 Å². The molecule has 4 heterocycles. The monoisotopic (exact) mass is 466 g/mol. The Morgan fingerprint density at radius 3 is 2.64 bits per heavy atom. The van der Waals surface area contributed by atoms with Gasteiger partial charge in [0.2, 0.25) is 0 Å². The van der Waals surface area contributed by atoms with Gasteiger partial charge in [0, 0.05) is 50.4 Å². The first-order valence-corrected chi connectivity index (χ1v) is 11.7. The van der Waals surface area contributed by atoms with Crippen molar-refractivity contribution in [2.45, 2.75) is 19.9 Å². The summed E-state index contributed by atoms with van der Waals surface area (Å²) in [5, 5.41) is 6.25. The molecule has 3 aromatic heterocycles. The van der Waals surface area contributed by atoms with Crippen molar-refractivity contribution < 1.29 is 9.18 Å². The molecule has 0 unspecified atom stereocenters. The summed E-state index contributed by atoms with van der Waals surface area (Å²) in [7, 11) is 0. The Kier molecular flexibility index (Phi) is 5.77. The molecule has 1 fully saturated rings. The molecule has 170 valence electrons. The van der Waals surface area contributed by atoms with E-state index >= 15 is 0 Å². The first-order chi connectivity index (χ1) is 16.0. The highest BCUT2D eigenvalue weighted by atomic mass is 32.1. The van der Waals surface area contributed by atoms with E-state index in [1.807, 2.05) is 17.2 Å². The van der Waals surface area contributed by atoms with Gasteiger partial charge in [0.15, 0.2) is 4.96 Å². The summed E-state index contributed by atoms with van der Waals surface area (Å²) in [6, 6.07) is 7.66. The van der Waals surface area contributed by atoms with Gasteiger partial charge in [0.1, 0.15) is 5.82 Å². The van der Waals surface area contributed by atoms with Crippen molar-refractivity contribution in [3.63, 3.8) is 0 Å². The quantitative estimate of drug-likeness (QED) is 0.452. The summed E-state index contributed by atoms with van der Waals surface area (Å²) >= 11 is 1.44. The minimum absolute atomic E-state index is 0.0452. The number of carbonyl (C=O) groups is 1. The fraction of sp³-hybridized carbons (Fsp3) is 0.304. The molecule has 33 heavy (non-hydrogen) atoms. The van der Waals surface area contributed by atoms with Crippen molar-refractivity contribution in [3.8, 4) is 5.69 Å². The van der Waals surface area contributed by atoms with Crippen LogP contribution in [0.25, 0.3) is 10.6 Å². The maximum atomic E-state index is 13.3. The molecule has 1 aliphatic rings. The van der Waals surface area contributed by atoms with Gasteiger partial charge in [-0.1, -0.05) is 6.92 Å². The Morgan fingerprint density at radius 1 is 1.15 bits per heavy atom. The fourth-order valence-electron chi connectivity index (χ4n) is 4.17. The second kappa shape index (κ2) is 8.87. The van der Waals surface area contributed by atoms with Crippen molar-refractivity contribution in [2.24, 2.45) is 0 Å². The van der Waals surface area contributed by atoms with Gasteiger partial charge in [0.05, 0.1) is 28.8 Å². The smallest absolute Gasteiger partial charge is 0.258 e. The molecule has 0 saturated carbocycles. The number of hydrogen-bond donors (Lipinski definition) is 0. The molecule has 0 bridgehead atoms. The molecule has 0 aliphatic carbocycles. The predicted molar refractivity (Wildman–Crippen MR) is 123 cm³/mol. The van der Waals surface area contributed by atoms with E-state index in [1.165, 1.54) is 23.5 Å². The minimum Gasteiger partial charge on any atom is -0.336 e. The second-order valence-corrected chi connectivity index (χ2v) is 8.83. The second-order valence-electron chi connectivity index (χ2n) is 7.96. The van der Waals surface area contributed by atoms with E-state index < -0.39 is 0 Å². The summed E-state index contributed by atoms with van der Waals surface area (Å²) in [5.74, 6) is -0.356. The van der Waals surface area contributed by atoms with Gasteiger partial charge in [-0.3, -0.25) is 18.9 Å². The van der Waals surface area contributed by atoms with E-state index in [2.05, 4.69) is 15.0 Å². The van der Waals surface area contributed by atoms with E-state index in [9.17, 15) is 14.0 Å². The van der Waals surface area contributed by atoms with E-state index in [-0.39, 0.29) is 17.3 Å². The lowest BCUT2D eigenvalue weighted by molar-refractivity contribution is 0.0626. The predicted octanol–water partition coefficient (Wildman–Crippen LogP) is 2.60. The molecule has 4 aromatic rings. The third kappa shape index (κ3) is 4.19. The summed E-state index contributed by atoms with van der Waals surface area (Å²) in [4.78, 5) is 34.8. The molecule has 0 spiro atoms. The highest BCUT2D eigenvalue weighted by Gasteiger charge is 2.26. The summed E-state index contributed by atoms with van der Waals surface area (Å²) in [5.41, 5.74) is 2.78. The summed E-state index contributed by atoms with van der Waals surface area (Å²) in [6.07, 6.45) is 3.96. The lowest BCUT2D eigenvalue weighted by Gasteiger charge is -2.34. The van der Waals surface area contributed by atoms with Crippen LogP contribution in [0.3, 0.4) is 0 Å². The number of amides is 1. The topological polar surface area (TPSA) is 75.7 Å². The van der Waals surface area contributed by atoms with E-state index in [4.69, 9.17) is 0 Å². The van der Waals surface area contributed by atoms with Crippen LogP contribution < -0.4 is 5.56 Å². The highest BCUT2D eigenvalue weighted by molar-refractivity contribution is 7.15. The zero-order valence-electron chi connectivity index (χ0n) is 18.1. The first kappa shape index (κ1) is 21.5. The van der Waals surface area contributed by atoms with Gasteiger partial charge < -0.3 is 4.90 Å². The first-order valence-electron chi connectivity index (χ1n) is 10.8. The maximum Gasteiger partial charge on any atom is 0.258 e. The molecule has 1 aliphatic heterocycles. The number of hydrogen-bond acceptors (Lipinski definition) is 6. The number of fused-ring (bicyclic) bond motifs is 1. The van der Waals surface area contributed by atoms with Crippen LogP contribution >= 0.6 is 11.3 Å². The van der Waals surface area contributed by atoms with Gasteiger partial charge in [-0.05, 0) is 30.7 Å². The number of rotatable bonds is 5. The molecular weight excluding hydrogens is 443 g/mol. The molecule has 0 radical (unpaired) electrons. The van der Waals surface area contributed by atoms with Gasteiger partial charge in [-0.25, -0.2) is 14.1 Å². The SMILES string of the molecule is CCc1c(C(=O)N2CCN(Cc3cc(=O)n4ccsc4n3)CC2)cnn1-c1ccc(F)cc1. The number of benzene rings is 1. The van der Waals surface area contributed by atoms with Crippen LogP contribution in [-0.2, 0) is 13.0 Å². The largest absolute Gasteiger partial charge is 0.336 e. The Hall–Kier alpha value is -3.37. The Labute approximate surface area is 193 Å². The van der Waals surface area contributed by atoms with E-state index in [0.717, 1.165) is 17.1 Å². The highest BCUT2D eigenvalue weighted by Crippen LogP contribution is 2.19. The zero-order valence-corrected chi connectivity index (χ0v) is 19.0. The molecule has 1 aromatic carbocycles. The number of aromatic nitrogens is 4. The van der Waals surface area contributed by atoms with Crippen molar-refractivity contribution in [2.75, 3.05) is 26.2 Å². The van der Waals surface area contributed by atoms with Crippen LogP contribution in [0.5, 0.6) is 0 Å². The molecule has 8 nitrogen and oxygen atoms in total. The summed E-state index contributed by atoms with van der Waals surface area (Å²) in [6.45, 7) is 5.13. The van der Waals surface area contributed by atoms with E-state index in [0.29, 0.717) is 49.7 Å². The fourth-order valence-corrected chi connectivity index (χ4v) is 4.91. The Morgan fingerprint density at radius 2 is 1.91 bits per heavy atom. The molecule has 1 saturated heterocycles. The maximum absolute atomic E-state index is 13.3. The van der Waals surface area contributed by atoms with Crippen LogP contribution in [-0.4, -0.2) is 61.1 Å². The minimum atomic E-state index is -0.311. The summed E-state index contributed by atoms with van der Waals surface area (Å²) < 4.78 is 16.5. The van der Waals surface area contributed by atoms with Gasteiger partial charge in [0.25, 0.3) is 11.5 Å². The van der Waals surface area contributed by atoms with Gasteiger partial charge in [-0.2, -0.15) is 5.10 Å². The molecule has 10 heteroatoms. The molecule has 0 atom stereocenters. The van der Waals surface area contributed by atoms with Crippen molar-refractivity contribution in [1.29, 1.82) is 0 Å². The standard InChI is InChI=1S/C23H23FN6O2S/c1-2-20-19(14-25-30(20)18-5-3-16(24)4-6-18)22(32)28-9-7-27(8-10-28)15-17-13-21(31)29-11-12-33-23(29)26-17/h3-6,11-14H,2,7-10,15H2,1H3. The Balaban J connectivity index is 1.27. The number of carbonyl (C=O) groups excluding carboxylic acids is 1. The van der Waals surface area contributed by atoms with Crippen molar-refractivity contribution >= 4 is 22.2 Å². The Bertz CT molecular complexity index is 1350. The lowest BCUT2D eigenvalue weighted by Crippen LogP contribution is -2.48.